The lowest BCUT2D eigenvalue weighted by Gasteiger charge is -2.43. The maximum absolute atomic E-state index is 11.3. The molecule has 1 heterocycles. The molecular formula is C10H17N3O3. The molecule has 6 nitrogen and oxygen atoms in total. The number of nitrogens with one attached hydrogen (secondary N) is 2. The van der Waals surface area contributed by atoms with Gasteiger partial charge in [0, 0.05) is 19.6 Å². The molecule has 0 aromatic heterocycles. The summed E-state index contributed by atoms with van der Waals surface area (Å²) < 4.78 is 0. The standard InChI is InChI=1S/C10H17N3O3/c1-3-4-11-9(15)12-8(14)5-13-6-10(2,16)7-13/h3,16H,1,4-7H2,2H3,(H2,11,12,14,15). The Hall–Kier alpha value is -1.40. The number of rotatable bonds is 4. The average Bonchev–Trinajstić information content (AvgIpc) is 2.11. The van der Waals surface area contributed by atoms with Crippen molar-refractivity contribution in [2.45, 2.75) is 12.5 Å². The summed E-state index contributed by atoms with van der Waals surface area (Å²) in [6, 6.07) is -0.530. The second kappa shape index (κ2) is 5.09. The van der Waals surface area contributed by atoms with Crippen LogP contribution in [-0.4, -0.2) is 53.7 Å². The number of hydrogen-bond donors (Lipinski definition) is 3. The fraction of sp³-hybridized carbons (Fsp3) is 0.600. The Morgan fingerprint density at radius 2 is 2.19 bits per heavy atom. The van der Waals surface area contributed by atoms with E-state index in [1.165, 1.54) is 6.08 Å². The number of imide groups is 1. The molecule has 0 aromatic carbocycles. The van der Waals surface area contributed by atoms with Crippen LogP contribution >= 0.6 is 0 Å². The third kappa shape index (κ3) is 4.00. The van der Waals surface area contributed by atoms with Crippen LogP contribution in [0.1, 0.15) is 6.92 Å². The van der Waals surface area contributed by atoms with Gasteiger partial charge in [-0.1, -0.05) is 6.08 Å². The van der Waals surface area contributed by atoms with Crippen molar-refractivity contribution in [3.8, 4) is 0 Å². The number of urea groups is 1. The Labute approximate surface area is 94.3 Å². The molecular weight excluding hydrogens is 210 g/mol. The van der Waals surface area contributed by atoms with Crippen LogP contribution in [0.2, 0.25) is 0 Å². The molecule has 0 aliphatic carbocycles. The molecule has 90 valence electrons. The normalized spacial score (nSPS) is 18.4. The molecule has 16 heavy (non-hydrogen) atoms. The quantitative estimate of drug-likeness (QED) is 0.542. The molecule has 1 saturated heterocycles. The highest BCUT2D eigenvalue weighted by molar-refractivity contribution is 5.95. The van der Waals surface area contributed by atoms with Gasteiger partial charge >= 0.3 is 6.03 Å². The summed E-state index contributed by atoms with van der Waals surface area (Å²) >= 11 is 0. The monoisotopic (exact) mass is 227 g/mol. The summed E-state index contributed by atoms with van der Waals surface area (Å²) in [5.74, 6) is -0.378. The van der Waals surface area contributed by atoms with Gasteiger partial charge in [-0.15, -0.1) is 6.58 Å². The van der Waals surface area contributed by atoms with Gasteiger partial charge < -0.3 is 10.4 Å². The van der Waals surface area contributed by atoms with E-state index >= 15 is 0 Å². The van der Waals surface area contributed by atoms with Crippen LogP contribution in [-0.2, 0) is 4.79 Å². The molecule has 1 rings (SSSR count). The van der Waals surface area contributed by atoms with Crippen molar-refractivity contribution in [1.82, 2.24) is 15.5 Å². The number of likely N-dealkylation sites (tertiary alicyclic amines) is 1. The van der Waals surface area contributed by atoms with E-state index in [9.17, 15) is 14.7 Å². The Balaban J connectivity index is 2.17. The number of carbonyl (C=O) groups excluding carboxylic acids is 2. The molecule has 1 aliphatic rings. The first-order valence-corrected chi connectivity index (χ1v) is 5.06. The molecule has 1 fully saturated rings. The number of hydrogen-bond acceptors (Lipinski definition) is 4. The third-order valence-electron chi connectivity index (χ3n) is 2.16. The molecule has 0 spiro atoms. The number of nitrogens with zero attached hydrogens (tertiary/aromatic N) is 1. The first kappa shape index (κ1) is 12.7. The van der Waals surface area contributed by atoms with Gasteiger partial charge in [-0.3, -0.25) is 15.0 Å². The first-order chi connectivity index (χ1) is 7.43. The minimum Gasteiger partial charge on any atom is -0.388 e. The molecule has 0 radical (unpaired) electrons. The maximum Gasteiger partial charge on any atom is 0.321 e. The van der Waals surface area contributed by atoms with Gasteiger partial charge in [-0.25, -0.2) is 4.79 Å². The van der Waals surface area contributed by atoms with Gasteiger partial charge in [0.05, 0.1) is 12.1 Å². The van der Waals surface area contributed by atoms with E-state index < -0.39 is 11.6 Å². The van der Waals surface area contributed by atoms with Crippen molar-refractivity contribution >= 4 is 11.9 Å². The zero-order valence-electron chi connectivity index (χ0n) is 9.32. The minimum atomic E-state index is -0.703. The predicted molar refractivity (Wildman–Crippen MR) is 58.8 cm³/mol. The Morgan fingerprint density at radius 3 is 2.69 bits per heavy atom. The van der Waals surface area contributed by atoms with Crippen molar-refractivity contribution < 1.29 is 14.7 Å². The summed E-state index contributed by atoms with van der Waals surface area (Å²) in [5, 5.41) is 14.0. The summed E-state index contributed by atoms with van der Waals surface area (Å²) in [5.41, 5.74) is -0.703. The zero-order chi connectivity index (χ0) is 12.2. The SMILES string of the molecule is C=CCNC(=O)NC(=O)CN1CC(C)(O)C1. The summed E-state index contributed by atoms with van der Waals surface area (Å²) in [6.45, 7) is 6.49. The summed E-state index contributed by atoms with van der Waals surface area (Å²) in [4.78, 5) is 24.1. The molecule has 0 atom stereocenters. The minimum absolute atomic E-state index is 0.123. The van der Waals surface area contributed by atoms with E-state index in [2.05, 4.69) is 17.2 Å². The Kier molecular flexibility index (Phi) is 4.03. The van der Waals surface area contributed by atoms with Gasteiger partial charge in [-0.05, 0) is 6.92 Å². The van der Waals surface area contributed by atoms with Gasteiger partial charge in [0.2, 0.25) is 5.91 Å². The maximum atomic E-state index is 11.3. The molecule has 0 saturated carbocycles. The lowest BCUT2D eigenvalue weighted by molar-refractivity contribution is -0.129. The predicted octanol–water partition coefficient (Wildman–Crippen LogP) is -0.935. The topological polar surface area (TPSA) is 81.7 Å². The van der Waals surface area contributed by atoms with E-state index in [1.807, 2.05) is 0 Å². The van der Waals surface area contributed by atoms with Crippen LogP contribution in [0.25, 0.3) is 0 Å². The third-order valence-corrected chi connectivity index (χ3v) is 2.16. The van der Waals surface area contributed by atoms with Crippen molar-refractivity contribution in [3.05, 3.63) is 12.7 Å². The number of carbonyl (C=O) groups is 2. The largest absolute Gasteiger partial charge is 0.388 e. The molecule has 0 bridgehead atoms. The van der Waals surface area contributed by atoms with Crippen LogP contribution < -0.4 is 10.6 Å². The van der Waals surface area contributed by atoms with E-state index in [4.69, 9.17) is 0 Å². The lowest BCUT2D eigenvalue weighted by atomic mass is 9.97. The van der Waals surface area contributed by atoms with Gasteiger partial charge in [0.25, 0.3) is 0 Å². The second-order valence-corrected chi connectivity index (χ2v) is 4.19. The zero-order valence-corrected chi connectivity index (χ0v) is 9.32. The van der Waals surface area contributed by atoms with E-state index in [0.29, 0.717) is 19.6 Å². The summed E-state index contributed by atoms with van der Waals surface area (Å²) in [6.07, 6.45) is 1.52. The van der Waals surface area contributed by atoms with Crippen molar-refractivity contribution in [1.29, 1.82) is 0 Å². The molecule has 0 unspecified atom stereocenters. The number of amides is 3. The molecule has 3 amide bonds. The van der Waals surface area contributed by atoms with E-state index in [0.717, 1.165) is 0 Å². The highest BCUT2D eigenvalue weighted by atomic mass is 16.3. The van der Waals surface area contributed by atoms with Crippen LogP contribution in [0.4, 0.5) is 4.79 Å². The highest BCUT2D eigenvalue weighted by Crippen LogP contribution is 2.18. The van der Waals surface area contributed by atoms with Crippen molar-refractivity contribution in [2.75, 3.05) is 26.2 Å². The fourth-order valence-electron chi connectivity index (χ4n) is 1.61. The first-order valence-electron chi connectivity index (χ1n) is 5.06. The van der Waals surface area contributed by atoms with Gasteiger partial charge in [-0.2, -0.15) is 0 Å². The van der Waals surface area contributed by atoms with Gasteiger partial charge in [0.1, 0.15) is 0 Å². The summed E-state index contributed by atoms with van der Waals surface area (Å²) in [7, 11) is 0. The van der Waals surface area contributed by atoms with Crippen LogP contribution in [0.15, 0.2) is 12.7 Å². The van der Waals surface area contributed by atoms with Crippen LogP contribution in [0, 0.1) is 0 Å². The van der Waals surface area contributed by atoms with Crippen molar-refractivity contribution in [2.24, 2.45) is 0 Å². The molecule has 3 N–H and O–H groups in total. The Bertz CT molecular complexity index is 294. The van der Waals surface area contributed by atoms with Crippen LogP contribution in [0.3, 0.4) is 0 Å². The number of β-amino-alcohol motifs (C(OH)–C–C–N with tert-alkyl or cyclic N) is 1. The highest BCUT2D eigenvalue weighted by Gasteiger charge is 2.37. The fourth-order valence-corrected chi connectivity index (χ4v) is 1.61. The smallest absolute Gasteiger partial charge is 0.321 e. The van der Waals surface area contributed by atoms with E-state index in [-0.39, 0.29) is 12.5 Å². The van der Waals surface area contributed by atoms with Crippen molar-refractivity contribution in [3.63, 3.8) is 0 Å². The Morgan fingerprint density at radius 1 is 1.56 bits per heavy atom. The van der Waals surface area contributed by atoms with Crippen LogP contribution in [0.5, 0.6) is 0 Å². The molecule has 6 heteroatoms. The van der Waals surface area contributed by atoms with E-state index in [1.54, 1.807) is 11.8 Å². The second-order valence-electron chi connectivity index (χ2n) is 4.19. The molecule has 0 aromatic rings. The lowest BCUT2D eigenvalue weighted by Crippen LogP contribution is -2.62. The average molecular weight is 227 g/mol. The number of aliphatic hydroxyl groups is 1. The van der Waals surface area contributed by atoms with Gasteiger partial charge in [0.15, 0.2) is 0 Å². The molecule has 1 aliphatic heterocycles.